The van der Waals surface area contributed by atoms with Crippen LogP contribution < -0.4 is 9.47 Å². The minimum atomic E-state index is -0.494. The van der Waals surface area contributed by atoms with Gasteiger partial charge in [0.15, 0.2) is 5.75 Å². The summed E-state index contributed by atoms with van der Waals surface area (Å²) in [7, 11) is 1.45. The first-order chi connectivity index (χ1) is 8.69. The van der Waals surface area contributed by atoms with Gasteiger partial charge >= 0.3 is 5.69 Å². The van der Waals surface area contributed by atoms with E-state index in [0.29, 0.717) is 18.8 Å². The van der Waals surface area contributed by atoms with Crippen LogP contribution in [0.5, 0.6) is 11.5 Å². The third-order valence-corrected chi connectivity index (χ3v) is 2.42. The molecule has 18 heavy (non-hydrogen) atoms. The monoisotopic (exact) mass is 255 g/mol. The van der Waals surface area contributed by atoms with Gasteiger partial charge in [0.25, 0.3) is 0 Å². The Morgan fingerprint density at radius 2 is 2.11 bits per heavy atom. The van der Waals surface area contributed by atoms with Gasteiger partial charge in [0.1, 0.15) is 5.75 Å². The normalized spacial score (nSPS) is 10.1. The first kappa shape index (κ1) is 14.2. The van der Waals surface area contributed by atoms with Crippen LogP contribution in [0, 0.1) is 10.1 Å². The number of hydrogen-bond donors (Lipinski definition) is 1. The number of ether oxygens (including phenoxy) is 2. The van der Waals surface area contributed by atoms with Crippen LogP contribution >= 0.6 is 0 Å². The molecule has 0 bridgehead atoms. The maximum absolute atomic E-state index is 10.9. The second kappa shape index (κ2) is 7.50. The smallest absolute Gasteiger partial charge is 0.314 e. The fraction of sp³-hybridized carbons (Fsp3) is 0.500. The van der Waals surface area contributed by atoms with E-state index in [1.165, 1.54) is 19.2 Å². The van der Waals surface area contributed by atoms with E-state index in [1.54, 1.807) is 6.07 Å². The molecular formula is C12H17NO5. The molecule has 1 rings (SSSR count). The molecule has 0 amide bonds. The number of nitrogens with zero attached hydrogens (tertiary/aromatic N) is 1. The van der Waals surface area contributed by atoms with Gasteiger partial charge in [-0.2, -0.15) is 0 Å². The first-order valence-corrected chi connectivity index (χ1v) is 5.75. The van der Waals surface area contributed by atoms with Crippen LogP contribution in [0.25, 0.3) is 0 Å². The molecule has 0 aliphatic rings. The van der Waals surface area contributed by atoms with Gasteiger partial charge in [-0.15, -0.1) is 0 Å². The van der Waals surface area contributed by atoms with Crippen LogP contribution in [0.15, 0.2) is 18.2 Å². The zero-order valence-electron chi connectivity index (χ0n) is 10.3. The summed E-state index contributed by atoms with van der Waals surface area (Å²) in [4.78, 5) is 10.4. The van der Waals surface area contributed by atoms with Gasteiger partial charge in [0.05, 0.1) is 24.7 Å². The van der Waals surface area contributed by atoms with Crippen molar-refractivity contribution in [2.24, 2.45) is 0 Å². The van der Waals surface area contributed by atoms with Crippen LogP contribution in [0.1, 0.15) is 19.3 Å². The highest BCUT2D eigenvalue weighted by Crippen LogP contribution is 2.31. The molecule has 1 N–H and O–H groups in total. The molecule has 0 aromatic heterocycles. The number of nitro benzene ring substituents is 1. The van der Waals surface area contributed by atoms with Crippen molar-refractivity contribution in [3.63, 3.8) is 0 Å². The second-order valence-corrected chi connectivity index (χ2v) is 3.72. The molecule has 0 fully saturated rings. The first-order valence-electron chi connectivity index (χ1n) is 5.75. The van der Waals surface area contributed by atoms with Crippen molar-refractivity contribution < 1.29 is 19.5 Å². The minimum absolute atomic E-state index is 0.100. The Hall–Kier alpha value is -1.82. The number of hydrogen-bond acceptors (Lipinski definition) is 5. The molecule has 100 valence electrons. The highest BCUT2D eigenvalue weighted by molar-refractivity contribution is 5.50. The number of benzene rings is 1. The highest BCUT2D eigenvalue weighted by atomic mass is 16.6. The summed E-state index contributed by atoms with van der Waals surface area (Å²) in [6.45, 7) is 0.551. The standard InChI is InChI=1S/C12H17NO5/c1-17-10-5-6-12(11(9-10)13(15)16)18-8-4-2-3-7-14/h5-6,9,14H,2-4,7-8H2,1H3. The third-order valence-electron chi connectivity index (χ3n) is 2.42. The van der Waals surface area contributed by atoms with Crippen molar-refractivity contribution in [2.45, 2.75) is 19.3 Å². The van der Waals surface area contributed by atoms with Crippen molar-refractivity contribution >= 4 is 5.69 Å². The Labute approximate surface area is 105 Å². The molecule has 0 unspecified atom stereocenters. The van der Waals surface area contributed by atoms with Crippen LogP contribution in [-0.2, 0) is 0 Å². The minimum Gasteiger partial charge on any atom is -0.496 e. The number of aliphatic hydroxyl groups excluding tert-OH is 1. The summed E-state index contributed by atoms with van der Waals surface area (Å²) in [5, 5.41) is 19.5. The fourth-order valence-electron chi connectivity index (χ4n) is 1.46. The van der Waals surface area contributed by atoms with Crippen molar-refractivity contribution in [1.82, 2.24) is 0 Å². The summed E-state index contributed by atoms with van der Waals surface area (Å²) in [6, 6.07) is 4.49. The third kappa shape index (κ3) is 4.21. The average molecular weight is 255 g/mol. The lowest BCUT2D eigenvalue weighted by Gasteiger charge is -2.07. The topological polar surface area (TPSA) is 81.8 Å². The second-order valence-electron chi connectivity index (χ2n) is 3.72. The molecule has 0 radical (unpaired) electrons. The summed E-state index contributed by atoms with van der Waals surface area (Å²) in [6.07, 6.45) is 2.30. The lowest BCUT2D eigenvalue weighted by molar-refractivity contribution is -0.385. The van der Waals surface area contributed by atoms with Crippen molar-refractivity contribution in [2.75, 3.05) is 20.3 Å². The number of nitro groups is 1. The average Bonchev–Trinajstić information content (AvgIpc) is 2.38. The van der Waals surface area contributed by atoms with Gasteiger partial charge in [-0.25, -0.2) is 0 Å². The summed E-state index contributed by atoms with van der Waals surface area (Å²) in [5.41, 5.74) is -0.100. The summed E-state index contributed by atoms with van der Waals surface area (Å²) >= 11 is 0. The van der Waals surface area contributed by atoms with Gasteiger partial charge in [-0.3, -0.25) is 10.1 Å². The molecule has 0 aliphatic heterocycles. The van der Waals surface area contributed by atoms with Crippen LogP contribution in [0.2, 0.25) is 0 Å². The Morgan fingerprint density at radius 1 is 1.33 bits per heavy atom. The Balaban J connectivity index is 2.61. The van der Waals surface area contributed by atoms with Crippen LogP contribution in [-0.4, -0.2) is 30.4 Å². The lowest BCUT2D eigenvalue weighted by Crippen LogP contribution is -2.01. The van der Waals surface area contributed by atoms with Gasteiger partial charge in [-0.05, 0) is 31.4 Å². The number of aliphatic hydroxyl groups is 1. The molecule has 1 aromatic carbocycles. The largest absolute Gasteiger partial charge is 0.496 e. The van der Waals surface area contributed by atoms with E-state index in [4.69, 9.17) is 14.6 Å². The highest BCUT2D eigenvalue weighted by Gasteiger charge is 2.16. The molecule has 0 spiro atoms. The van der Waals surface area contributed by atoms with Crippen molar-refractivity contribution in [3.05, 3.63) is 28.3 Å². The maximum atomic E-state index is 10.9. The number of unbranched alkanes of at least 4 members (excludes halogenated alkanes) is 2. The molecule has 0 atom stereocenters. The van der Waals surface area contributed by atoms with Gasteiger partial charge in [-0.1, -0.05) is 0 Å². The molecule has 0 heterocycles. The number of rotatable bonds is 8. The van der Waals surface area contributed by atoms with Gasteiger partial charge < -0.3 is 14.6 Å². The molecule has 6 heteroatoms. The zero-order valence-corrected chi connectivity index (χ0v) is 10.3. The van der Waals surface area contributed by atoms with Gasteiger partial charge in [0, 0.05) is 6.61 Å². The molecule has 6 nitrogen and oxygen atoms in total. The maximum Gasteiger partial charge on any atom is 0.314 e. The Kier molecular flexibility index (Phi) is 5.93. The molecule has 1 aromatic rings. The molecule has 0 aliphatic carbocycles. The van der Waals surface area contributed by atoms with E-state index in [9.17, 15) is 10.1 Å². The van der Waals surface area contributed by atoms with E-state index in [0.717, 1.165) is 12.8 Å². The van der Waals surface area contributed by atoms with E-state index in [1.807, 2.05) is 0 Å². The molecular weight excluding hydrogens is 238 g/mol. The predicted octanol–water partition coefficient (Wildman–Crippen LogP) is 2.14. The quantitative estimate of drug-likeness (QED) is 0.437. The predicted molar refractivity (Wildman–Crippen MR) is 66.1 cm³/mol. The van der Waals surface area contributed by atoms with E-state index >= 15 is 0 Å². The lowest BCUT2D eigenvalue weighted by atomic mass is 10.2. The SMILES string of the molecule is COc1ccc(OCCCCCO)c([N+](=O)[O-])c1. The zero-order chi connectivity index (χ0) is 13.4. The summed E-state index contributed by atoms with van der Waals surface area (Å²) < 4.78 is 10.3. The fourth-order valence-corrected chi connectivity index (χ4v) is 1.46. The molecule has 0 saturated heterocycles. The van der Waals surface area contributed by atoms with E-state index in [2.05, 4.69) is 0 Å². The van der Waals surface area contributed by atoms with Gasteiger partial charge in [0.2, 0.25) is 0 Å². The van der Waals surface area contributed by atoms with E-state index in [-0.39, 0.29) is 18.0 Å². The van der Waals surface area contributed by atoms with Crippen molar-refractivity contribution in [3.8, 4) is 11.5 Å². The van der Waals surface area contributed by atoms with Crippen LogP contribution in [0.3, 0.4) is 0 Å². The Bertz CT molecular complexity index is 394. The number of methoxy groups -OCH3 is 1. The molecule has 0 saturated carbocycles. The van der Waals surface area contributed by atoms with Crippen LogP contribution in [0.4, 0.5) is 5.69 Å². The van der Waals surface area contributed by atoms with Crippen molar-refractivity contribution in [1.29, 1.82) is 0 Å². The Morgan fingerprint density at radius 3 is 2.72 bits per heavy atom. The van der Waals surface area contributed by atoms with E-state index < -0.39 is 4.92 Å². The summed E-state index contributed by atoms with van der Waals surface area (Å²) in [5.74, 6) is 0.666.